The van der Waals surface area contributed by atoms with Crippen molar-refractivity contribution in [3.63, 3.8) is 0 Å². The summed E-state index contributed by atoms with van der Waals surface area (Å²) in [5.74, 6) is 0.662. The fourth-order valence-corrected chi connectivity index (χ4v) is 3.19. The Labute approximate surface area is 118 Å². The summed E-state index contributed by atoms with van der Waals surface area (Å²) in [6.45, 7) is 3.65. The molecule has 20 heavy (non-hydrogen) atoms. The lowest BCUT2D eigenvalue weighted by molar-refractivity contribution is -0.130. The molecule has 2 heterocycles. The van der Waals surface area contributed by atoms with E-state index in [1.54, 1.807) is 12.1 Å². The van der Waals surface area contributed by atoms with E-state index in [0.717, 1.165) is 25.1 Å². The van der Waals surface area contributed by atoms with Gasteiger partial charge in [0.05, 0.1) is 30.3 Å². The summed E-state index contributed by atoms with van der Waals surface area (Å²) in [5.41, 5.74) is 1.58. The molecule has 0 saturated carbocycles. The average molecular weight is 270 g/mol. The van der Waals surface area contributed by atoms with Crippen molar-refractivity contribution in [1.29, 1.82) is 5.26 Å². The van der Waals surface area contributed by atoms with Crippen LogP contribution in [0.4, 0.5) is 0 Å². The molecule has 0 bridgehead atoms. The van der Waals surface area contributed by atoms with Crippen LogP contribution in [-0.4, -0.2) is 36.1 Å². The van der Waals surface area contributed by atoms with Crippen LogP contribution in [0.15, 0.2) is 24.3 Å². The molecule has 0 aliphatic carbocycles. The Morgan fingerprint density at radius 1 is 1.40 bits per heavy atom. The van der Waals surface area contributed by atoms with Crippen molar-refractivity contribution in [2.24, 2.45) is 5.92 Å². The van der Waals surface area contributed by atoms with Crippen molar-refractivity contribution in [1.82, 2.24) is 4.90 Å². The summed E-state index contributed by atoms with van der Waals surface area (Å²) in [6, 6.07) is 9.30. The maximum absolute atomic E-state index is 12.3. The van der Waals surface area contributed by atoms with Gasteiger partial charge in [-0.05, 0) is 31.0 Å². The first-order valence-electron chi connectivity index (χ1n) is 7.08. The maximum atomic E-state index is 12.3. The van der Waals surface area contributed by atoms with Crippen LogP contribution < -0.4 is 0 Å². The molecule has 1 aromatic carbocycles. The lowest BCUT2D eigenvalue weighted by atomic mass is 10.0. The second kappa shape index (κ2) is 5.26. The monoisotopic (exact) mass is 270 g/mol. The van der Waals surface area contributed by atoms with Gasteiger partial charge in [-0.1, -0.05) is 12.1 Å². The lowest BCUT2D eigenvalue weighted by Gasteiger charge is -2.18. The number of hydrogen-bond donors (Lipinski definition) is 0. The number of rotatable bonds is 2. The van der Waals surface area contributed by atoms with E-state index in [1.165, 1.54) is 0 Å². The van der Waals surface area contributed by atoms with Gasteiger partial charge in [0.25, 0.3) is 0 Å². The van der Waals surface area contributed by atoms with Crippen LogP contribution in [0.3, 0.4) is 0 Å². The first-order valence-corrected chi connectivity index (χ1v) is 7.08. The summed E-state index contributed by atoms with van der Waals surface area (Å²) in [4.78, 5) is 14.2. The molecule has 0 aromatic heterocycles. The molecule has 0 radical (unpaired) electrons. The summed E-state index contributed by atoms with van der Waals surface area (Å²) in [7, 11) is 0. The molecule has 3 rings (SSSR count). The average Bonchev–Trinajstić information content (AvgIpc) is 2.96. The molecule has 0 spiro atoms. The normalized spacial score (nSPS) is 28.2. The molecule has 0 unspecified atom stereocenters. The van der Waals surface area contributed by atoms with Crippen LogP contribution in [0.2, 0.25) is 0 Å². The molecule has 0 N–H and O–H groups in total. The van der Waals surface area contributed by atoms with Gasteiger partial charge in [0.1, 0.15) is 0 Å². The largest absolute Gasteiger partial charge is 0.373 e. The van der Waals surface area contributed by atoms with Gasteiger partial charge in [-0.15, -0.1) is 0 Å². The number of nitrogens with zero attached hydrogens (tertiary/aromatic N) is 2. The minimum atomic E-state index is 0.153. The Bertz CT molecular complexity index is 533. The molecule has 3 atom stereocenters. The quantitative estimate of drug-likeness (QED) is 0.822. The Hall–Kier alpha value is -1.86. The smallest absolute Gasteiger partial charge is 0.227 e. The highest BCUT2D eigenvalue weighted by Gasteiger charge is 2.41. The van der Waals surface area contributed by atoms with E-state index in [2.05, 4.69) is 13.0 Å². The second-order valence-corrected chi connectivity index (χ2v) is 5.77. The number of fused-ring (bicyclic) bond motifs is 1. The maximum Gasteiger partial charge on any atom is 0.227 e. The van der Waals surface area contributed by atoms with Crippen molar-refractivity contribution < 1.29 is 9.53 Å². The van der Waals surface area contributed by atoms with E-state index in [9.17, 15) is 4.79 Å². The van der Waals surface area contributed by atoms with Crippen LogP contribution in [0, 0.1) is 17.2 Å². The topological polar surface area (TPSA) is 53.3 Å². The highest BCUT2D eigenvalue weighted by atomic mass is 16.5. The van der Waals surface area contributed by atoms with E-state index in [1.807, 2.05) is 17.0 Å². The lowest BCUT2D eigenvalue weighted by Crippen LogP contribution is -2.32. The highest BCUT2D eigenvalue weighted by molar-refractivity contribution is 5.79. The minimum absolute atomic E-state index is 0.153. The van der Waals surface area contributed by atoms with Gasteiger partial charge < -0.3 is 9.64 Å². The standard InChI is InChI=1S/C16H18N2O2/c1-11-6-14-9-18(10-15(14)20-11)16(19)7-12-2-4-13(8-17)5-3-12/h2-5,11,14-15H,6-7,9-10H2,1H3/t11-,14+,15-/m0/s1. The van der Waals surface area contributed by atoms with Gasteiger partial charge in [-0.25, -0.2) is 0 Å². The number of hydrogen-bond acceptors (Lipinski definition) is 3. The van der Waals surface area contributed by atoms with E-state index in [-0.39, 0.29) is 12.0 Å². The van der Waals surface area contributed by atoms with Gasteiger partial charge in [-0.2, -0.15) is 5.26 Å². The Morgan fingerprint density at radius 3 is 2.80 bits per heavy atom. The number of benzene rings is 1. The van der Waals surface area contributed by atoms with Crippen LogP contribution in [-0.2, 0) is 16.0 Å². The molecule has 1 aromatic rings. The van der Waals surface area contributed by atoms with Gasteiger partial charge in [0.15, 0.2) is 0 Å². The third-order valence-corrected chi connectivity index (χ3v) is 4.21. The first kappa shape index (κ1) is 13.1. The van der Waals surface area contributed by atoms with Crippen molar-refractivity contribution in [2.75, 3.05) is 13.1 Å². The Morgan fingerprint density at radius 2 is 2.15 bits per heavy atom. The number of ether oxygens (including phenoxy) is 1. The predicted octanol–water partition coefficient (Wildman–Crippen LogP) is 1.74. The Balaban J connectivity index is 1.59. The molecule has 2 aliphatic rings. The molecule has 4 nitrogen and oxygen atoms in total. The van der Waals surface area contributed by atoms with Crippen molar-refractivity contribution >= 4 is 5.91 Å². The van der Waals surface area contributed by atoms with Gasteiger partial charge in [0.2, 0.25) is 5.91 Å². The predicted molar refractivity (Wildman–Crippen MR) is 73.9 cm³/mol. The molecule has 2 saturated heterocycles. The van der Waals surface area contributed by atoms with Crippen molar-refractivity contribution in [3.8, 4) is 6.07 Å². The third-order valence-electron chi connectivity index (χ3n) is 4.21. The number of carbonyl (C=O) groups is 1. The number of amides is 1. The molecule has 104 valence electrons. The molecular weight excluding hydrogens is 252 g/mol. The zero-order valence-corrected chi connectivity index (χ0v) is 11.6. The van der Waals surface area contributed by atoms with E-state index in [4.69, 9.17) is 10.00 Å². The number of carbonyl (C=O) groups excluding carboxylic acids is 1. The fourth-order valence-electron chi connectivity index (χ4n) is 3.19. The zero-order chi connectivity index (χ0) is 14.1. The fraction of sp³-hybridized carbons (Fsp3) is 0.500. The van der Waals surface area contributed by atoms with Crippen molar-refractivity contribution in [2.45, 2.75) is 32.0 Å². The number of likely N-dealkylation sites (tertiary alicyclic amines) is 1. The molecule has 2 fully saturated rings. The van der Waals surface area contributed by atoms with Crippen molar-refractivity contribution in [3.05, 3.63) is 35.4 Å². The molecule has 1 amide bonds. The van der Waals surface area contributed by atoms with E-state index in [0.29, 0.717) is 24.0 Å². The van der Waals surface area contributed by atoms with Crippen LogP contribution >= 0.6 is 0 Å². The van der Waals surface area contributed by atoms with E-state index >= 15 is 0 Å². The van der Waals surface area contributed by atoms with Gasteiger partial charge in [-0.3, -0.25) is 4.79 Å². The number of nitriles is 1. The molecule has 4 heteroatoms. The van der Waals surface area contributed by atoms with Gasteiger partial charge in [0, 0.05) is 19.0 Å². The molecular formula is C16H18N2O2. The summed E-state index contributed by atoms with van der Waals surface area (Å²) in [5, 5.41) is 8.76. The minimum Gasteiger partial charge on any atom is -0.373 e. The van der Waals surface area contributed by atoms with Crippen LogP contribution in [0.25, 0.3) is 0 Å². The summed E-state index contributed by atoms with van der Waals surface area (Å²) in [6.07, 6.45) is 2.03. The SMILES string of the molecule is C[C@H]1C[C@@H]2CN(C(=O)Cc3ccc(C#N)cc3)C[C@@H]2O1. The van der Waals surface area contributed by atoms with Crippen LogP contribution in [0.1, 0.15) is 24.5 Å². The van der Waals surface area contributed by atoms with Crippen LogP contribution in [0.5, 0.6) is 0 Å². The van der Waals surface area contributed by atoms with E-state index < -0.39 is 0 Å². The molecule has 2 aliphatic heterocycles. The third kappa shape index (κ3) is 2.54. The second-order valence-electron chi connectivity index (χ2n) is 5.77. The first-order chi connectivity index (χ1) is 9.65. The highest BCUT2D eigenvalue weighted by Crippen LogP contribution is 2.32. The summed E-state index contributed by atoms with van der Waals surface area (Å²) < 4.78 is 5.82. The van der Waals surface area contributed by atoms with Gasteiger partial charge >= 0.3 is 0 Å². The Kier molecular flexibility index (Phi) is 3.45. The summed E-state index contributed by atoms with van der Waals surface area (Å²) >= 11 is 0. The zero-order valence-electron chi connectivity index (χ0n) is 11.6.